The van der Waals surface area contributed by atoms with Gasteiger partial charge in [0.05, 0.1) is 10.6 Å². The smallest absolute Gasteiger partial charge is 0.263 e. The summed E-state index contributed by atoms with van der Waals surface area (Å²) < 4.78 is 26.3. The number of nitrogens with two attached hydrogens (primary N) is 1. The van der Waals surface area contributed by atoms with Gasteiger partial charge in [0, 0.05) is 6.20 Å². The molecule has 0 saturated heterocycles. The van der Waals surface area contributed by atoms with E-state index in [1.54, 1.807) is 12.1 Å². The Balaban J connectivity index is 2.34. The van der Waals surface area contributed by atoms with Crippen LogP contribution in [0.15, 0.2) is 47.5 Å². The van der Waals surface area contributed by atoms with Crippen LogP contribution >= 0.6 is 0 Å². The van der Waals surface area contributed by atoms with Gasteiger partial charge in [-0.1, -0.05) is 6.07 Å². The van der Waals surface area contributed by atoms with E-state index in [0.29, 0.717) is 0 Å². The lowest BCUT2D eigenvalue weighted by atomic mass is 10.3. The van der Waals surface area contributed by atoms with Gasteiger partial charge in [-0.2, -0.15) is 0 Å². The number of aromatic nitrogens is 1. The highest BCUT2D eigenvalue weighted by Gasteiger charge is 2.15. The van der Waals surface area contributed by atoms with Gasteiger partial charge in [0.25, 0.3) is 10.0 Å². The SMILES string of the molecule is Nc1cc(S(=O)(=O)Nc2ccccn2)ccc1O. The molecule has 6 nitrogen and oxygen atoms in total. The summed E-state index contributed by atoms with van der Waals surface area (Å²) in [5.41, 5.74) is 5.45. The summed E-state index contributed by atoms with van der Waals surface area (Å²) in [5.74, 6) is 0.0518. The average molecular weight is 265 g/mol. The first-order valence-corrected chi connectivity index (χ1v) is 6.50. The quantitative estimate of drug-likeness (QED) is 0.570. The molecule has 0 aliphatic rings. The summed E-state index contributed by atoms with van der Waals surface area (Å²) in [5, 5.41) is 9.25. The Bertz CT molecular complexity index is 656. The molecule has 0 unspecified atom stereocenters. The van der Waals surface area contributed by atoms with E-state index in [9.17, 15) is 13.5 Å². The van der Waals surface area contributed by atoms with Crippen LogP contribution in [0.5, 0.6) is 5.75 Å². The molecule has 0 aliphatic heterocycles. The molecule has 2 rings (SSSR count). The third-order valence-corrected chi connectivity index (χ3v) is 3.57. The Hall–Kier alpha value is -2.28. The predicted molar refractivity (Wildman–Crippen MR) is 67.6 cm³/mol. The molecule has 7 heteroatoms. The van der Waals surface area contributed by atoms with Crippen molar-refractivity contribution in [2.24, 2.45) is 0 Å². The van der Waals surface area contributed by atoms with Crippen molar-refractivity contribution in [3.05, 3.63) is 42.6 Å². The maximum absolute atomic E-state index is 12.0. The number of sulfonamides is 1. The molecule has 4 N–H and O–H groups in total. The summed E-state index contributed by atoms with van der Waals surface area (Å²) in [6.07, 6.45) is 1.48. The largest absolute Gasteiger partial charge is 0.506 e. The maximum Gasteiger partial charge on any atom is 0.263 e. The fourth-order valence-electron chi connectivity index (χ4n) is 1.32. The van der Waals surface area contributed by atoms with Crippen molar-refractivity contribution < 1.29 is 13.5 Å². The average Bonchev–Trinajstić information content (AvgIpc) is 2.33. The summed E-state index contributed by atoms with van der Waals surface area (Å²) in [7, 11) is -3.76. The molecule has 1 heterocycles. The van der Waals surface area contributed by atoms with E-state index in [1.807, 2.05) is 0 Å². The van der Waals surface area contributed by atoms with Crippen LogP contribution in [0.25, 0.3) is 0 Å². The zero-order chi connectivity index (χ0) is 13.2. The van der Waals surface area contributed by atoms with E-state index < -0.39 is 10.0 Å². The summed E-state index contributed by atoms with van der Waals surface area (Å²) in [6.45, 7) is 0. The molecule has 18 heavy (non-hydrogen) atoms. The first kappa shape index (κ1) is 12.2. The molecule has 0 atom stereocenters. The van der Waals surface area contributed by atoms with Gasteiger partial charge in [-0.05, 0) is 30.3 Å². The number of hydrogen-bond donors (Lipinski definition) is 3. The number of anilines is 2. The highest BCUT2D eigenvalue weighted by atomic mass is 32.2. The van der Waals surface area contributed by atoms with E-state index >= 15 is 0 Å². The molecule has 94 valence electrons. The standard InChI is InChI=1S/C11H11N3O3S/c12-9-7-8(4-5-10(9)15)18(16,17)14-11-3-1-2-6-13-11/h1-7,15H,12H2,(H,13,14). The van der Waals surface area contributed by atoms with Crippen molar-refractivity contribution in [3.8, 4) is 5.75 Å². The number of nitrogens with one attached hydrogen (secondary N) is 1. The lowest BCUT2D eigenvalue weighted by Crippen LogP contribution is -2.14. The second-order valence-corrected chi connectivity index (χ2v) is 5.22. The number of nitrogens with zero attached hydrogens (tertiary/aromatic N) is 1. The van der Waals surface area contributed by atoms with Crippen LogP contribution in [0.2, 0.25) is 0 Å². The van der Waals surface area contributed by atoms with Gasteiger partial charge < -0.3 is 10.8 Å². The van der Waals surface area contributed by atoms with Crippen molar-refractivity contribution in [3.63, 3.8) is 0 Å². The predicted octanol–water partition coefficient (Wildman–Crippen LogP) is 1.17. The maximum atomic E-state index is 12.0. The van der Waals surface area contributed by atoms with Gasteiger partial charge >= 0.3 is 0 Å². The van der Waals surface area contributed by atoms with Crippen molar-refractivity contribution in [1.29, 1.82) is 0 Å². The first-order valence-electron chi connectivity index (χ1n) is 5.01. The minimum atomic E-state index is -3.76. The molecular formula is C11H11N3O3S. The number of hydrogen-bond acceptors (Lipinski definition) is 5. The molecule has 1 aromatic heterocycles. The Labute approximate surface area is 104 Å². The minimum absolute atomic E-state index is 0.00102. The normalized spacial score (nSPS) is 11.1. The van der Waals surface area contributed by atoms with Crippen LogP contribution in [-0.4, -0.2) is 18.5 Å². The molecule has 0 amide bonds. The lowest BCUT2D eigenvalue weighted by Gasteiger charge is -2.08. The minimum Gasteiger partial charge on any atom is -0.506 e. The van der Waals surface area contributed by atoms with E-state index in [-0.39, 0.29) is 22.2 Å². The van der Waals surface area contributed by atoms with Crippen LogP contribution in [0, 0.1) is 0 Å². The summed E-state index contributed by atoms with van der Waals surface area (Å²) >= 11 is 0. The molecule has 0 bridgehead atoms. The number of rotatable bonds is 3. The van der Waals surface area contributed by atoms with Gasteiger partial charge in [0.2, 0.25) is 0 Å². The van der Waals surface area contributed by atoms with Gasteiger partial charge in [0.1, 0.15) is 11.6 Å². The van der Waals surface area contributed by atoms with Crippen LogP contribution in [0.4, 0.5) is 11.5 Å². The van der Waals surface area contributed by atoms with E-state index in [4.69, 9.17) is 5.73 Å². The highest BCUT2D eigenvalue weighted by molar-refractivity contribution is 7.92. The van der Waals surface area contributed by atoms with Crippen LogP contribution < -0.4 is 10.5 Å². The molecule has 0 spiro atoms. The lowest BCUT2D eigenvalue weighted by molar-refractivity contribution is 0.477. The van der Waals surface area contributed by atoms with Crippen molar-refractivity contribution in [2.45, 2.75) is 4.90 Å². The molecule has 2 aromatic rings. The monoisotopic (exact) mass is 265 g/mol. The zero-order valence-corrected chi connectivity index (χ0v) is 10.1. The molecule has 0 fully saturated rings. The zero-order valence-electron chi connectivity index (χ0n) is 9.24. The topological polar surface area (TPSA) is 105 Å². The highest BCUT2D eigenvalue weighted by Crippen LogP contribution is 2.24. The van der Waals surface area contributed by atoms with Crippen molar-refractivity contribution in [2.75, 3.05) is 10.5 Å². The Morgan fingerprint density at radius 2 is 2.00 bits per heavy atom. The Morgan fingerprint density at radius 3 is 2.61 bits per heavy atom. The molecule has 0 saturated carbocycles. The molecule has 1 aromatic carbocycles. The van der Waals surface area contributed by atoms with Gasteiger partial charge in [-0.3, -0.25) is 4.72 Å². The van der Waals surface area contributed by atoms with Crippen molar-refractivity contribution >= 4 is 21.5 Å². The Morgan fingerprint density at radius 1 is 1.22 bits per heavy atom. The number of phenolic OH excluding ortho intramolecular Hbond substituents is 1. The third kappa shape index (κ3) is 2.51. The van der Waals surface area contributed by atoms with Gasteiger partial charge in [-0.25, -0.2) is 13.4 Å². The van der Waals surface area contributed by atoms with Gasteiger partial charge in [-0.15, -0.1) is 0 Å². The fraction of sp³-hybridized carbons (Fsp3) is 0. The van der Waals surface area contributed by atoms with Gasteiger partial charge in [0.15, 0.2) is 0 Å². The molecule has 0 radical (unpaired) electrons. The number of pyridine rings is 1. The van der Waals surface area contributed by atoms with Crippen LogP contribution in [-0.2, 0) is 10.0 Å². The van der Waals surface area contributed by atoms with E-state index in [1.165, 1.54) is 30.5 Å². The summed E-state index contributed by atoms with van der Waals surface area (Å²) in [4.78, 5) is 3.82. The second-order valence-electron chi connectivity index (χ2n) is 3.54. The number of aromatic hydroxyl groups is 1. The fourth-order valence-corrected chi connectivity index (χ4v) is 2.36. The third-order valence-electron chi connectivity index (χ3n) is 2.21. The first-order chi connectivity index (χ1) is 8.49. The molecular weight excluding hydrogens is 254 g/mol. The second kappa shape index (κ2) is 4.53. The number of nitrogen functional groups attached to an aromatic ring is 1. The van der Waals surface area contributed by atoms with E-state index in [0.717, 1.165) is 0 Å². The van der Waals surface area contributed by atoms with Crippen LogP contribution in [0.1, 0.15) is 0 Å². The van der Waals surface area contributed by atoms with E-state index in [2.05, 4.69) is 9.71 Å². The molecule has 0 aliphatic carbocycles. The Kier molecular flexibility index (Phi) is 3.07. The number of benzene rings is 1. The summed E-state index contributed by atoms with van der Waals surface area (Å²) in [6, 6.07) is 8.54. The van der Waals surface area contributed by atoms with Crippen LogP contribution in [0.3, 0.4) is 0 Å². The van der Waals surface area contributed by atoms with Crippen molar-refractivity contribution in [1.82, 2.24) is 4.98 Å². The number of phenols is 1.